The molecule has 1 fully saturated rings. The van der Waals surface area contributed by atoms with Crippen molar-refractivity contribution in [3.8, 4) is 5.75 Å². The molecule has 0 aliphatic carbocycles. The average Bonchev–Trinajstić information content (AvgIpc) is 2.95. The largest absolute Gasteiger partial charge is 0.490 e. The minimum absolute atomic E-state index is 0.0122. The third-order valence-electron chi connectivity index (χ3n) is 6.16. The maximum absolute atomic E-state index is 14.2. The van der Waals surface area contributed by atoms with Crippen molar-refractivity contribution < 1.29 is 74.7 Å². The Hall–Kier alpha value is -3.74. The number of halogens is 9. The predicted octanol–water partition coefficient (Wildman–Crippen LogP) is 4.90. The molecule has 1 atom stereocenters. The van der Waals surface area contributed by atoms with Gasteiger partial charge in [-0.15, -0.1) is 0 Å². The predicted molar refractivity (Wildman–Crippen MR) is 149 cm³/mol. The van der Waals surface area contributed by atoms with Crippen LogP contribution in [-0.2, 0) is 27.3 Å². The number of hydrogen-bond acceptors (Lipinski definition) is 7. The number of alkyl halides is 6. The number of nitrogens with one attached hydrogen (secondary N) is 1. The molecule has 19 heteroatoms. The van der Waals surface area contributed by atoms with E-state index in [1.54, 1.807) is 0 Å². The smallest absolute Gasteiger partial charge is 0.487 e. The summed E-state index contributed by atoms with van der Waals surface area (Å²) < 4.78 is 96.6. The highest BCUT2D eigenvalue weighted by atomic mass is 35.5. The summed E-state index contributed by atoms with van der Waals surface area (Å²) >= 11 is 5.93. The van der Waals surface area contributed by atoms with Crippen molar-refractivity contribution in [2.24, 2.45) is 0 Å². The van der Waals surface area contributed by atoms with E-state index in [1.165, 1.54) is 18.6 Å². The average molecular weight is 711 g/mol. The van der Waals surface area contributed by atoms with Gasteiger partial charge in [-0.3, -0.25) is 9.69 Å². The maximum Gasteiger partial charge on any atom is 0.490 e. The molecule has 1 saturated heterocycles. The van der Waals surface area contributed by atoms with Crippen molar-refractivity contribution in [2.45, 2.75) is 56.7 Å². The number of benzene rings is 2. The van der Waals surface area contributed by atoms with Crippen LogP contribution in [0.25, 0.3) is 0 Å². The lowest BCUT2D eigenvalue weighted by atomic mass is 10.0. The zero-order valence-electron chi connectivity index (χ0n) is 24.5. The van der Waals surface area contributed by atoms with Gasteiger partial charge in [0.2, 0.25) is 5.82 Å². The summed E-state index contributed by atoms with van der Waals surface area (Å²) in [5.74, 6) is -9.58. The first-order chi connectivity index (χ1) is 21.5. The Balaban J connectivity index is 0.000000658. The van der Waals surface area contributed by atoms with E-state index in [-0.39, 0.29) is 24.8 Å². The van der Waals surface area contributed by atoms with Crippen molar-refractivity contribution in [1.82, 2.24) is 10.2 Å². The van der Waals surface area contributed by atoms with Crippen molar-refractivity contribution in [1.29, 1.82) is 0 Å². The number of rotatable bonds is 10. The van der Waals surface area contributed by atoms with Crippen LogP contribution in [0.2, 0.25) is 5.02 Å². The Bertz CT molecular complexity index is 1310. The summed E-state index contributed by atoms with van der Waals surface area (Å²) in [6.45, 7) is 4.08. The van der Waals surface area contributed by atoms with E-state index in [9.17, 15) is 45.0 Å². The maximum atomic E-state index is 14.2. The molecule has 5 N–H and O–H groups in total. The van der Waals surface area contributed by atoms with Crippen LogP contribution >= 0.6 is 11.6 Å². The van der Waals surface area contributed by atoms with Crippen molar-refractivity contribution in [2.75, 3.05) is 26.2 Å². The number of piperidine rings is 1. The van der Waals surface area contributed by atoms with Gasteiger partial charge in [-0.05, 0) is 56.6 Å². The Morgan fingerprint density at radius 2 is 1.40 bits per heavy atom. The highest BCUT2D eigenvalue weighted by molar-refractivity contribution is 6.30. The molecular weight excluding hydrogens is 680 g/mol. The van der Waals surface area contributed by atoms with Gasteiger partial charge in [-0.2, -0.15) is 30.7 Å². The van der Waals surface area contributed by atoms with Crippen LogP contribution < -0.4 is 10.1 Å². The fraction of sp³-hybridized carbons (Fsp3) is 0.464. The lowest BCUT2D eigenvalue weighted by molar-refractivity contribution is -0.193. The summed E-state index contributed by atoms with van der Waals surface area (Å²) in [5.41, 5.74) is -0.143. The van der Waals surface area contributed by atoms with E-state index in [4.69, 9.17) is 41.2 Å². The molecular formula is C28H31ClF8N2O8. The zero-order valence-corrected chi connectivity index (χ0v) is 25.2. The lowest BCUT2D eigenvalue weighted by Gasteiger charge is -2.34. The molecule has 0 aromatic heterocycles. The number of aliphatic hydroxyl groups is 1. The number of carbonyl (C=O) groups is 3. The van der Waals surface area contributed by atoms with E-state index in [1.807, 2.05) is 24.3 Å². The van der Waals surface area contributed by atoms with Gasteiger partial charge >= 0.3 is 30.3 Å². The van der Waals surface area contributed by atoms with E-state index in [0.29, 0.717) is 0 Å². The van der Waals surface area contributed by atoms with Crippen LogP contribution in [0, 0.1) is 11.6 Å². The second-order valence-corrected chi connectivity index (χ2v) is 10.8. The van der Waals surface area contributed by atoms with Crippen LogP contribution in [0.5, 0.6) is 5.75 Å². The van der Waals surface area contributed by atoms with Crippen LogP contribution in [-0.4, -0.2) is 93.5 Å². The first kappa shape index (κ1) is 41.3. The monoisotopic (exact) mass is 710 g/mol. The van der Waals surface area contributed by atoms with Gasteiger partial charge in [0, 0.05) is 29.7 Å². The number of likely N-dealkylation sites (tertiary alicyclic amines) is 1. The minimum Gasteiger partial charge on any atom is -0.487 e. The Morgan fingerprint density at radius 1 is 0.915 bits per heavy atom. The van der Waals surface area contributed by atoms with Crippen LogP contribution in [0.15, 0.2) is 36.4 Å². The number of nitrogens with zero attached hydrogens (tertiary/aromatic N) is 1. The number of ether oxygens (including phenoxy) is 1. The van der Waals surface area contributed by atoms with Crippen LogP contribution in [0.3, 0.4) is 0 Å². The molecule has 0 spiro atoms. The molecule has 264 valence electrons. The van der Waals surface area contributed by atoms with Gasteiger partial charge < -0.3 is 30.5 Å². The van der Waals surface area contributed by atoms with Gasteiger partial charge in [0.05, 0.1) is 6.42 Å². The van der Waals surface area contributed by atoms with Gasteiger partial charge in [0.15, 0.2) is 11.6 Å². The number of aliphatic carboxylic acids is 3. The number of hydrogen-bond donors (Lipinski definition) is 5. The molecule has 0 saturated carbocycles. The van der Waals surface area contributed by atoms with Crippen molar-refractivity contribution in [3.63, 3.8) is 0 Å². The van der Waals surface area contributed by atoms with E-state index < -0.39 is 59.7 Å². The summed E-state index contributed by atoms with van der Waals surface area (Å²) in [6.07, 6.45) is -8.86. The summed E-state index contributed by atoms with van der Waals surface area (Å²) in [4.78, 5) is 31.1. The number of carboxylic acids is 3. The minimum atomic E-state index is -5.08. The van der Waals surface area contributed by atoms with E-state index in [0.717, 1.165) is 43.6 Å². The third kappa shape index (κ3) is 16.1. The molecule has 2 aromatic carbocycles. The molecule has 0 bridgehead atoms. The summed E-state index contributed by atoms with van der Waals surface area (Å²) in [5, 5.41) is 37.9. The van der Waals surface area contributed by atoms with Crippen LogP contribution in [0.1, 0.15) is 30.9 Å². The lowest BCUT2D eigenvalue weighted by Crippen LogP contribution is -2.49. The third-order valence-corrected chi connectivity index (χ3v) is 6.42. The molecule has 1 aliphatic rings. The molecule has 1 aliphatic heterocycles. The molecule has 47 heavy (non-hydrogen) atoms. The van der Waals surface area contributed by atoms with Gasteiger partial charge in [-0.1, -0.05) is 29.8 Å². The standard InChI is InChI=1S/C24H29ClF2N2O4.2C2HF3O2/c1-24(32,15-33-23-17(12-21(30)31)4-7-20(26)22(23)27)14-28-19-8-10-29(11-9-19)13-16-2-5-18(25)6-3-16;2*3-2(4,5)1(6)7/h2-7,19,28,32H,8-15H2,1H3,(H,30,31);2*(H,6,7)/t24-;;/m0../s1. The first-order valence-electron chi connectivity index (χ1n) is 13.4. The SMILES string of the molecule is C[C@](O)(CNC1CCN(Cc2ccc(Cl)cc2)CC1)COc1c(CC(=O)O)ccc(F)c1F.O=C(O)C(F)(F)F.O=C(O)C(F)(F)F. The molecule has 1 heterocycles. The molecule has 2 aromatic rings. The Kier molecular flexibility index (Phi) is 15.8. The van der Waals surface area contributed by atoms with Gasteiger partial charge in [-0.25, -0.2) is 14.0 Å². The van der Waals surface area contributed by atoms with E-state index in [2.05, 4.69) is 10.2 Å². The second kappa shape index (κ2) is 18.0. The zero-order chi connectivity index (χ0) is 36.2. The first-order valence-corrected chi connectivity index (χ1v) is 13.7. The van der Waals surface area contributed by atoms with Crippen molar-refractivity contribution in [3.05, 3.63) is 64.2 Å². The fourth-order valence-corrected chi connectivity index (χ4v) is 3.94. The molecule has 3 rings (SSSR count). The van der Waals surface area contributed by atoms with Gasteiger partial charge in [0.1, 0.15) is 12.2 Å². The fourth-order valence-electron chi connectivity index (χ4n) is 3.82. The highest BCUT2D eigenvalue weighted by Crippen LogP contribution is 2.27. The Labute approximate surface area is 267 Å². The molecule has 0 radical (unpaired) electrons. The summed E-state index contributed by atoms with van der Waals surface area (Å²) in [6, 6.07) is 10.1. The molecule has 0 unspecified atom stereocenters. The topological polar surface area (TPSA) is 157 Å². The molecule has 0 amide bonds. The summed E-state index contributed by atoms with van der Waals surface area (Å²) in [7, 11) is 0. The van der Waals surface area contributed by atoms with E-state index >= 15 is 0 Å². The second-order valence-electron chi connectivity index (χ2n) is 10.4. The van der Waals surface area contributed by atoms with Gasteiger partial charge in [0.25, 0.3) is 0 Å². The van der Waals surface area contributed by atoms with Crippen LogP contribution in [0.4, 0.5) is 35.1 Å². The quantitative estimate of drug-likeness (QED) is 0.215. The normalized spacial score (nSPS) is 15.3. The molecule has 10 nitrogen and oxygen atoms in total. The Morgan fingerprint density at radius 3 is 1.85 bits per heavy atom. The van der Waals surface area contributed by atoms with Crippen molar-refractivity contribution >= 4 is 29.5 Å². The number of carboxylic acid groups (broad SMARTS) is 3. The highest BCUT2D eigenvalue weighted by Gasteiger charge is 2.39.